The van der Waals surface area contributed by atoms with Gasteiger partial charge in [-0.1, -0.05) is 11.6 Å². The molecular weight excluding hydrogens is 360 g/mol. The minimum Gasteiger partial charge on any atom is -0.452 e. The van der Waals surface area contributed by atoms with Gasteiger partial charge in [-0.05, 0) is 6.07 Å². The predicted octanol–water partition coefficient (Wildman–Crippen LogP) is 0.420. The number of amides is 1. The van der Waals surface area contributed by atoms with Gasteiger partial charge >= 0.3 is 11.7 Å². The normalized spacial score (nSPS) is 10.1. The van der Waals surface area contributed by atoms with Crippen molar-refractivity contribution in [2.45, 2.75) is 0 Å². The number of nitrogens with zero attached hydrogens (tertiary/aromatic N) is 1. The van der Waals surface area contributed by atoms with Crippen LogP contribution in [0, 0.1) is 10.1 Å². The minimum atomic E-state index is -1.12. The number of hydrogen-bond acceptors (Lipinski definition) is 7. The summed E-state index contributed by atoms with van der Waals surface area (Å²) in [5, 5.41) is 12.8. The van der Waals surface area contributed by atoms with Crippen LogP contribution in [-0.2, 0) is 9.53 Å². The number of nitro benzene ring substituents is 1. The molecule has 0 aliphatic heterocycles. The van der Waals surface area contributed by atoms with Crippen molar-refractivity contribution in [3.05, 3.63) is 65.9 Å². The van der Waals surface area contributed by atoms with E-state index in [0.717, 1.165) is 18.3 Å². The highest BCUT2D eigenvalue weighted by atomic mass is 35.5. The Bertz CT molecular complexity index is 965. The number of aromatic nitrogens is 2. The van der Waals surface area contributed by atoms with E-state index < -0.39 is 40.2 Å². The number of hydrogen-bond donors (Lipinski definition) is 3. The minimum absolute atomic E-state index is 0.0778. The molecule has 0 radical (unpaired) electrons. The largest absolute Gasteiger partial charge is 0.452 e. The van der Waals surface area contributed by atoms with E-state index in [9.17, 15) is 29.3 Å². The molecule has 130 valence electrons. The zero-order valence-electron chi connectivity index (χ0n) is 12.2. The van der Waals surface area contributed by atoms with Crippen LogP contribution in [0.15, 0.2) is 34.0 Å². The summed E-state index contributed by atoms with van der Waals surface area (Å²) in [6.45, 7) is -0.745. The summed E-state index contributed by atoms with van der Waals surface area (Å²) >= 11 is 5.81. The van der Waals surface area contributed by atoms with Crippen LogP contribution >= 0.6 is 11.6 Å². The van der Waals surface area contributed by atoms with Gasteiger partial charge in [0.2, 0.25) is 0 Å². The predicted molar refractivity (Wildman–Crippen MR) is 84.7 cm³/mol. The molecule has 0 saturated carbocycles. The second-order valence-corrected chi connectivity index (χ2v) is 4.94. The topological polar surface area (TPSA) is 164 Å². The Morgan fingerprint density at radius 3 is 2.64 bits per heavy atom. The summed E-state index contributed by atoms with van der Waals surface area (Å²) in [6, 6.07) is 3.39. The first-order valence-corrected chi connectivity index (χ1v) is 6.88. The third-order valence-electron chi connectivity index (χ3n) is 2.81. The number of non-ortho nitro benzene ring substituents is 1. The van der Waals surface area contributed by atoms with Crippen LogP contribution in [0.2, 0.25) is 5.02 Å². The van der Waals surface area contributed by atoms with Crippen LogP contribution in [0.4, 0.5) is 11.4 Å². The number of nitrogens with one attached hydrogen (secondary N) is 3. The monoisotopic (exact) mass is 368 g/mol. The van der Waals surface area contributed by atoms with Crippen LogP contribution in [0.3, 0.4) is 0 Å². The number of rotatable bonds is 5. The number of nitro groups is 1. The van der Waals surface area contributed by atoms with Crippen LogP contribution in [0.1, 0.15) is 10.4 Å². The van der Waals surface area contributed by atoms with Gasteiger partial charge in [0.25, 0.3) is 17.2 Å². The first-order chi connectivity index (χ1) is 11.8. The molecule has 0 atom stereocenters. The van der Waals surface area contributed by atoms with Crippen molar-refractivity contribution in [1.29, 1.82) is 0 Å². The van der Waals surface area contributed by atoms with Crippen LogP contribution in [0.5, 0.6) is 0 Å². The zero-order valence-corrected chi connectivity index (χ0v) is 13.0. The molecule has 1 aromatic carbocycles. The van der Waals surface area contributed by atoms with Gasteiger partial charge in [0.05, 0.1) is 15.6 Å². The molecule has 0 fully saturated rings. The maximum Gasteiger partial charge on any atom is 0.345 e. The summed E-state index contributed by atoms with van der Waals surface area (Å²) in [7, 11) is 0. The van der Waals surface area contributed by atoms with Crippen molar-refractivity contribution in [3.63, 3.8) is 0 Å². The molecule has 0 spiro atoms. The molecule has 12 heteroatoms. The Kier molecular flexibility index (Phi) is 5.29. The van der Waals surface area contributed by atoms with Crippen molar-refractivity contribution in [2.24, 2.45) is 0 Å². The third-order valence-corrected chi connectivity index (χ3v) is 3.12. The third kappa shape index (κ3) is 4.51. The Labute approximate surface area is 142 Å². The van der Waals surface area contributed by atoms with E-state index in [2.05, 4.69) is 15.0 Å². The Morgan fingerprint density at radius 1 is 1.32 bits per heavy atom. The smallest absolute Gasteiger partial charge is 0.345 e. The first-order valence-electron chi connectivity index (χ1n) is 6.51. The fourth-order valence-electron chi connectivity index (χ4n) is 1.68. The number of benzene rings is 1. The van der Waals surface area contributed by atoms with Crippen molar-refractivity contribution in [2.75, 3.05) is 11.9 Å². The van der Waals surface area contributed by atoms with Gasteiger partial charge in [-0.3, -0.25) is 24.7 Å². The van der Waals surface area contributed by atoms with Gasteiger partial charge in [0, 0.05) is 18.3 Å². The molecule has 0 unspecified atom stereocenters. The molecule has 0 bridgehead atoms. The molecule has 2 aromatic rings. The number of carbonyl (C=O) groups excluding carboxylic acids is 2. The fourth-order valence-corrected chi connectivity index (χ4v) is 1.90. The Balaban J connectivity index is 1.99. The van der Waals surface area contributed by atoms with E-state index in [4.69, 9.17) is 11.6 Å². The molecule has 2 rings (SSSR count). The zero-order chi connectivity index (χ0) is 18.6. The number of carbonyl (C=O) groups is 2. The molecular formula is C13H9ClN4O7. The number of ether oxygens (including phenoxy) is 1. The van der Waals surface area contributed by atoms with E-state index >= 15 is 0 Å². The lowest BCUT2D eigenvalue weighted by atomic mass is 10.3. The number of H-pyrrole nitrogens is 2. The molecule has 3 N–H and O–H groups in total. The highest BCUT2D eigenvalue weighted by Gasteiger charge is 2.16. The maximum atomic E-state index is 11.7. The van der Waals surface area contributed by atoms with Crippen molar-refractivity contribution < 1.29 is 19.2 Å². The second-order valence-electron chi connectivity index (χ2n) is 4.53. The molecule has 11 nitrogen and oxygen atoms in total. The van der Waals surface area contributed by atoms with Crippen molar-refractivity contribution in [1.82, 2.24) is 9.97 Å². The van der Waals surface area contributed by atoms with Gasteiger partial charge in [0.15, 0.2) is 6.61 Å². The molecule has 25 heavy (non-hydrogen) atoms. The Hall–Kier alpha value is -3.47. The van der Waals surface area contributed by atoms with E-state index in [1.54, 1.807) is 0 Å². The second kappa shape index (κ2) is 7.40. The van der Waals surface area contributed by atoms with E-state index in [1.165, 1.54) is 6.07 Å². The molecule has 1 aromatic heterocycles. The number of anilines is 1. The lowest BCUT2D eigenvalue weighted by Gasteiger charge is -2.07. The fraction of sp³-hybridized carbons (Fsp3) is 0.0769. The van der Waals surface area contributed by atoms with Crippen LogP contribution in [0.25, 0.3) is 0 Å². The molecule has 0 saturated heterocycles. The summed E-state index contributed by atoms with van der Waals surface area (Å²) < 4.78 is 4.64. The first kappa shape index (κ1) is 17.9. The summed E-state index contributed by atoms with van der Waals surface area (Å²) in [5.74, 6) is -1.91. The van der Waals surface area contributed by atoms with E-state index in [0.29, 0.717) is 0 Å². The summed E-state index contributed by atoms with van der Waals surface area (Å²) in [4.78, 5) is 59.5. The van der Waals surface area contributed by atoms with Gasteiger partial charge < -0.3 is 15.0 Å². The highest BCUT2D eigenvalue weighted by Crippen LogP contribution is 2.26. The summed E-state index contributed by atoms with van der Waals surface area (Å²) in [6.07, 6.45) is 0.856. The molecule has 0 aliphatic carbocycles. The molecule has 0 aliphatic rings. The van der Waals surface area contributed by atoms with Gasteiger partial charge in [0.1, 0.15) is 5.56 Å². The highest BCUT2D eigenvalue weighted by molar-refractivity contribution is 6.34. The van der Waals surface area contributed by atoms with Gasteiger partial charge in [-0.15, -0.1) is 0 Å². The van der Waals surface area contributed by atoms with E-state index in [-0.39, 0.29) is 16.4 Å². The number of esters is 1. The number of halogens is 1. The van der Waals surface area contributed by atoms with Crippen molar-refractivity contribution in [3.8, 4) is 0 Å². The summed E-state index contributed by atoms with van der Waals surface area (Å²) in [5.41, 5.74) is -2.43. The standard InChI is InChI=1S/C13H9ClN4O7/c14-8-3-6(18(23)24)1-2-9(8)16-10(19)5-25-12(21)7-4-15-13(22)17-11(7)20/h1-4H,5H2,(H,16,19)(H2,15,17,20,22). The maximum absolute atomic E-state index is 11.7. The molecule has 1 heterocycles. The van der Waals surface area contributed by atoms with Crippen LogP contribution in [-0.4, -0.2) is 33.4 Å². The lowest BCUT2D eigenvalue weighted by molar-refractivity contribution is -0.384. The van der Waals surface area contributed by atoms with Gasteiger partial charge in [-0.25, -0.2) is 9.59 Å². The average molecular weight is 369 g/mol. The van der Waals surface area contributed by atoms with Gasteiger partial charge in [-0.2, -0.15) is 0 Å². The molecule has 1 amide bonds. The van der Waals surface area contributed by atoms with E-state index in [1.807, 2.05) is 4.98 Å². The average Bonchev–Trinajstić information content (AvgIpc) is 2.54. The Morgan fingerprint density at radius 2 is 2.04 bits per heavy atom. The van der Waals surface area contributed by atoms with Crippen LogP contribution < -0.4 is 16.6 Å². The lowest BCUT2D eigenvalue weighted by Crippen LogP contribution is -2.29. The SMILES string of the molecule is O=C(COC(=O)c1c[nH]c(=O)[nH]c1=O)Nc1ccc([N+](=O)[O-])cc1Cl. The number of aromatic amines is 2. The van der Waals surface area contributed by atoms with Crippen molar-refractivity contribution >= 4 is 34.9 Å². The quantitative estimate of drug-likeness (QED) is 0.391.